The third-order valence-electron chi connectivity index (χ3n) is 2.18. The van der Waals surface area contributed by atoms with E-state index in [2.05, 4.69) is 4.74 Å². The molecule has 0 heterocycles. The summed E-state index contributed by atoms with van der Waals surface area (Å²) in [6.07, 6.45) is 3.22. The SMILES string of the molecule is CCCOc1ccc(C(=O)/C=C/C(=O)OC)cc1. The molecule has 1 aromatic carbocycles. The number of carbonyl (C=O) groups excluding carboxylic acids is 2. The van der Waals surface area contributed by atoms with Crippen LogP contribution in [0, 0.1) is 0 Å². The maximum atomic E-state index is 11.7. The molecule has 0 saturated carbocycles. The number of ketones is 1. The lowest BCUT2D eigenvalue weighted by molar-refractivity contribution is -0.134. The fourth-order valence-electron chi connectivity index (χ4n) is 1.24. The maximum absolute atomic E-state index is 11.7. The van der Waals surface area contributed by atoms with Crippen molar-refractivity contribution in [3.63, 3.8) is 0 Å². The van der Waals surface area contributed by atoms with Crippen LogP contribution in [0.3, 0.4) is 0 Å². The molecule has 0 aliphatic carbocycles. The lowest BCUT2D eigenvalue weighted by Crippen LogP contribution is -1.99. The summed E-state index contributed by atoms with van der Waals surface area (Å²) in [5.74, 6) is -0.0703. The molecule has 0 fully saturated rings. The minimum Gasteiger partial charge on any atom is -0.494 e. The van der Waals surface area contributed by atoms with Gasteiger partial charge in [-0.25, -0.2) is 4.79 Å². The predicted molar refractivity (Wildman–Crippen MR) is 67.7 cm³/mol. The molecule has 0 saturated heterocycles. The molecule has 0 aliphatic rings. The van der Waals surface area contributed by atoms with Crippen molar-refractivity contribution in [1.82, 2.24) is 0 Å². The second kappa shape index (κ2) is 7.27. The molecule has 0 N–H and O–H groups in total. The Bertz CT molecular complexity index is 432. The Labute approximate surface area is 106 Å². The first-order chi connectivity index (χ1) is 8.67. The predicted octanol–water partition coefficient (Wildman–Crippen LogP) is 2.39. The summed E-state index contributed by atoms with van der Waals surface area (Å²) in [5.41, 5.74) is 0.499. The van der Waals surface area contributed by atoms with Gasteiger partial charge in [-0.15, -0.1) is 0 Å². The second-order valence-electron chi connectivity index (χ2n) is 3.59. The van der Waals surface area contributed by atoms with Gasteiger partial charge < -0.3 is 9.47 Å². The van der Waals surface area contributed by atoms with Crippen molar-refractivity contribution < 1.29 is 19.1 Å². The fraction of sp³-hybridized carbons (Fsp3) is 0.286. The highest BCUT2D eigenvalue weighted by Crippen LogP contribution is 2.13. The van der Waals surface area contributed by atoms with Crippen LogP contribution in [0.1, 0.15) is 23.7 Å². The summed E-state index contributed by atoms with van der Waals surface area (Å²) in [7, 11) is 1.26. The molecule has 1 rings (SSSR count). The van der Waals surface area contributed by atoms with Gasteiger partial charge in [0.15, 0.2) is 5.78 Å². The van der Waals surface area contributed by atoms with Gasteiger partial charge in [-0.2, -0.15) is 0 Å². The zero-order valence-electron chi connectivity index (χ0n) is 10.5. The van der Waals surface area contributed by atoms with Crippen molar-refractivity contribution in [2.24, 2.45) is 0 Å². The van der Waals surface area contributed by atoms with Crippen molar-refractivity contribution in [1.29, 1.82) is 0 Å². The van der Waals surface area contributed by atoms with Gasteiger partial charge in [0, 0.05) is 11.6 Å². The van der Waals surface area contributed by atoms with E-state index in [1.165, 1.54) is 13.2 Å². The van der Waals surface area contributed by atoms with E-state index >= 15 is 0 Å². The highest BCUT2D eigenvalue weighted by atomic mass is 16.5. The zero-order valence-corrected chi connectivity index (χ0v) is 10.5. The highest BCUT2D eigenvalue weighted by Gasteiger charge is 2.03. The molecule has 0 atom stereocenters. The van der Waals surface area contributed by atoms with Gasteiger partial charge in [0.25, 0.3) is 0 Å². The molecule has 0 bridgehead atoms. The molecule has 1 aromatic rings. The van der Waals surface area contributed by atoms with Crippen molar-refractivity contribution in [3.05, 3.63) is 42.0 Å². The van der Waals surface area contributed by atoms with E-state index in [1.54, 1.807) is 24.3 Å². The van der Waals surface area contributed by atoms with E-state index in [9.17, 15) is 9.59 Å². The summed E-state index contributed by atoms with van der Waals surface area (Å²) in [5, 5.41) is 0. The number of rotatable bonds is 6. The lowest BCUT2D eigenvalue weighted by atomic mass is 10.1. The van der Waals surface area contributed by atoms with E-state index in [0.717, 1.165) is 18.2 Å². The Balaban J connectivity index is 2.64. The maximum Gasteiger partial charge on any atom is 0.330 e. The molecule has 4 nitrogen and oxygen atoms in total. The number of hydrogen-bond acceptors (Lipinski definition) is 4. The largest absolute Gasteiger partial charge is 0.494 e. The van der Waals surface area contributed by atoms with Gasteiger partial charge >= 0.3 is 5.97 Å². The van der Waals surface area contributed by atoms with Crippen LogP contribution < -0.4 is 4.74 Å². The molecular formula is C14H16O4. The van der Waals surface area contributed by atoms with Crippen LogP contribution in [-0.4, -0.2) is 25.5 Å². The number of esters is 1. The molecule has 4 heteroatoms. The number of methoxy groups -OCH3 is 1. The van der Waals surface area contributed by atoms with Gasteiger partial charge in [-0.3, -0.25) is 4.79 Å². The summed E-state index contributed by atoms with van der Waals surface area (Å²) >= 11 is 0. The summed E-state index contributed by atoms with van der Waals surface area (Å²) in [4.78, 5) is 22.5. The zero-order chi connectivity index (χ0) is 13.4. The molecule has 0 amide bonds. The Morgan fingerprint density at radius 3 is 2.39 bits per heavy atom. The van der Waals surface area contributed by atoms with Gasteiger partial charge in [0.2, 0.25) is 0 Å². The first-order valence-corrected chi connectivity index (χ1v) is 5.70. The average Bonchev–Trinajstić information content (AvgIpc) is 2.42. The van der Waals surface area contributed by atoms with Crippen LogP contribution >= 0.6 is 0 Å². The molecule has 18 heavy (non-hydrogen) atoms. The molecule has 0 aliphatic heterocycles. The minimum atomic E-state index is -0.550. The molecule has 0 radical (unpaired) electrons. The van der Waals surface area contributed by atoms with Crippen molar-refractivity contribution in [2.75, 3.05) is 13.7 Å². The molecule has 96 valence electrons. The van der Waals surface area contributed by atoms with Crippen LogP contribution in [0.4, 0.5) is 0 Å². The van der Waals surface area contributed by atoms with Crippen LogP contribution in [0.15, 0.2) is 36.4 Å². The normalized spacial score (nSPS) is 10.3. The smallest absolute Gasteiger partial charge is 0.330 e. The van der Waals surface area contributed by atoms with Gasteiger partial charge in [0.05, 0.1) is 13.7 Å². The first-order valence-electron chi connectivity index (χ1n) is 5.70. The monoisotopic (exact) mass is 248 g/mol. The summed E-state index contributed by atoms with van der Waals surface area (Å²) < 4.78 is 9.80. The summed E-state index contributed by atoms with van der Waals surface area (Å²) in [6.45, 7) is 2.67. The van der Waals surface area contributed by atoms with E-state index < -0.39 is 5.97 Å². The number of allylic oxidation sites excluding steroid dienone is 1. The van der Waals surface area contributed by atoms with E-state index in [0.29, 0.717) is 12.2 Å². The van der Waals surface area contributed by atoms with Gasteiger partial charge in [-0.05, 0) is 36.8 Å². The van der Waals surface area contributed by atoms with E-state index in [1.807, 2.05) is 6.92 Å². The number of ether oxygens (including phenoxy) is 2. The Morgan fingerprint density at radius 2 is 1.83 bits per heavy atom. The highest BCUT2D eigenvalue weighted by molar-refractivity contribution is 6.07. The van der Waals surface area contributed by atoms with Gasteiger partial charge in [0.1, 0.15) is 5.75 Å². The van der Waals surface area contributed by atoms with Gasteiger partial charge in [-0.1, -0.05) is 6.92 Å². The average molecular weight is 248 g/mol. The Kier molecular flexibility index (Phi) is 5.64. The Hall–Kier alpha value is -2.10. The fourth-order valence-corrected chi connectivity index (χ4v) is 1.24. The molecule has 0 spiro atoms. The second-order valence-corrected chi connectivity index (χ2v) is 3.59. The third kappa shape index (κ3) is 4.41. The molecule has 0 unspecified atom stereocenters. The number of carbonyl (C=O) groups is 2. The lowest BCUT2D eigenvalue weighted by Gasteiger charge is -2.04. The quantitative estimate of drug-likeness (QED) is 0.440. The van der Waals surface area contributed by atoms with Crippen molar-refractivity contribution in [3.8, 4) is 5.75 Å². The van der Waals surface area contributed by atoms with E-state index in [-0.39, 0.29) is 5.78 Å². The van der Waals surface area contributed by atoms with Crippen LogP contribution in [0.5, 0.6) is 5.75 Å². The van der Waals surface area contributed by atoms with Crippen LogP contribution in [-0.2, 0) is 9.53 Å². The standard InChI is InChI=1S/C14H16O4/c1-3-10-18-12-6-4-11(5-7-12)13(15)8-9-14(16)17-2/h4-9H,3,10H2,1-2H3/b9-8+. The number of hydrogen-bond donors (Lipinski definition) is 0. The summed E-state index contributed by atoms with van der Waals surface area (Å²) in [6, 6.07) is 6.79. The topological polar surface area (TPSA) is 52.6 Å². The number of benzene rings is 1. The van der Waals surface area contributed by atoms with E-state index in [4.69, 9.17) is 4.74 Å². The minimum absolute atomic E-state index is 0.248. The molecule has 0 aromatic heterocycles. The van der Waals surface area contributed by atoms with Crippen molar-refractivity contribution in [2.45, 2.75) is 13.3 Å². The van der Waals surface area contributed by atoms with Crippen molar-refractivity contribution >= 4 is 11.8 Å². The van der Waals surface area contributed by atoms with Crippen LogP contribution in [0.25, 0.3) is 0 Å². The van der Waals surface area contributed by atoms with Crippen LogP contribution in [0.2, 0.25) is 0 Å². The first kappa shape index (κ1) is 14.0. The Morgan fingerprint density at radius 1 is 1.17 bits per heavy atom. The third-order valence-corrected chi connectivity index (χ3v) is 2.18. The molecular weight excluding hydrogens is 232 g/mol.